The SMILES string of the molecule is N#CC1(C#N)[C@H](c2cccc(Br)c2)[C@@H](C(N)=O)N2C=Cc3ccccc3[C@H]21. The molecule has 2 aromatic rings. The first-order chi connectivity index (χ1) is 13.0. The summed E-state index contributed by atoms with van der Waals surface area (Å²) in [6.07, 6.45) is 3.68. The van der Waals surface area contributed by atoms with Gasteiger partial charge in [0.25, 0.3) is 0 Å². The molecule has 1 saturated heterocycles. The van der Waals surface area contributed by atoms with Gasteiger partial charge in [0.2, 0.25) is 5.91 Å². The molecule has 0 aromatic heterocycles. The normalized spacial score (nSPS) is 24.4. The molecule has 2 aliphatic rings. The summed E-state index contributed by atoms with van der Waals surface area (Å²) in [7, 11) is 0. The highest BCUT2D eigenvalue weighted by molar-refractivity contribution is 9.10. The van der Waals surface area contributed by atoms with E-state index in [2.05, 4.69) is 28.1 Å². The van der Waals surface area contributed by atoms with Crippen molar-refractivity contribution in [2.24, 2.45) is 11.1 Å². The zero-order valence-electron chi connectivity index (χ0n) is 14.2. The summed E-state index contributed by atoms with van der Waals surface area (Å²) in [5.41, 5.74) is 6.84. The summed E-state index contributed by atoms with van der Waals surface area (Å²) in [6.45, 7) is 0. The number of nitriles is 2. The second kappa shape index (κ2) is 6.26. The molecule has 27 heavy (non-hydrogen) atoms. The molecule has 2 aromatic carbocycles. The van der Waals surface area contributed by atoms with Crippen LogP contribution in [0.3, 0.4) is 0 Å². The topological polar surface area (TPSA) is 93.9 Å². The lowest BCUT2D eigenvalue weighted by Gasteiger charge is -2.34. The molecule has 6 heteroatoms. The van der Waals surface area contributed by atoms with Gasteiger partial charge >= 0.3 is 0 Å². The Kier molecular flexibility index (Phi) is 4.02. The van der Waals surface area contributed by atoms with Crippen molar-refractivity contribution < 1.29 is 4.79 Å². The largest absolute Gasteiger partial charge is 0.368 e. The Morgan fingerprint density at radius 1 is 1.15 bits per heavy atom. The summed E-state index contributed by atoms with van der Waals surface area (Å²) in [5.74, 6) is -1.23. The highest BCUT2D eigenvalue weighted by Crippen LogP contribution is 2.59. The molecule has 0 bridgehead atoms. The van der Waals surface area contributed by atoms with E-state index in [1.165, 1.54) is 0 Å². The van der Waals surface area contributed by atoms with E-state index in [4.69, 9.17) is 5.73 Å². The van der Waals surface area contributed by atoms with Gasteiger partial charge in [-0.05, 0) is 34.9 Å². The zero-order chi connectivity index (χ0) is 19.2. The fourth-order valence-corrected chi connectivity index (χ4v) is 4.81. The maximum absolute atomic E-state index is 12.5. The second-order valence-corrected chi connectivity index (χ2v) is 7.68. The molecule has 1 fully saturated rings. The fraction of sp³-hybridized carbons (Fsp3) is 0.190. The van der Waals surface area contributed by atoms with Crippen LogP contribution in [0.25, 0.3) is 6.08 Å². The van der Waals surface area contributed by atoms with Crippen LogP contribution in [0.1, 0.15) is 28.7 Å². The number of rotatable bonds is 2. The van der Waals surface area contributed by atoms with Gasteiger partial charge < -0.3 is 10.6 Å². The van der Waals surface area contributed by atoms with Gasteiger partial charge in [-0.25, -0.2) is 0 Å². The molecule has 2 heterocycles. The number of primary amides is 1. The van der Waals surface area contributed by atoms with E-state index in [1.54, 1.807) is 11.1 Å². The van der Waals surface area contributed by atoms with Crippen LogP contribution in [0.5, 0.6) is 0 Å². The third-order valence-corrected chi connectivity index (χ3v) is 5.94. The molecular formula is C21H15BrN4O. The molecule has 0 radical (unpaired) electrons. The Bertz CT molecular complexity index is 1030. The van der Waals surface area contributed by atoms with Crippen LogP contribution in [-0.2, 0) is 4.79 Å². The quantitative estimate of drug-likeness (QED) is 0.807. The number of nitrogens with zero attached hydrogens (tertiary/aromatic N) is 3. The third-order valence-electron chi connectivity index (χ3n) is 5.44. The predicted molar refractivity (Wildman–Crippen MR) is 104 cm³/mol. The average molecular weight is 419 g/mol. The van der Waals surface area contributed by atoms with E-state index in [1.807, 2.05) is 54.6 Å². The third kappa shape index (κ3) is 2.38. The van der Waals surface area contributed by atoms with Crippen molar-refractivity contribution in [3.8, 4) is 12.1 Å². The summed E-state index contributed by atoms with van der Waals surface area (Å²) >= 11 is 3.44. The maximum Gasteiger partial charge on any atom is 0.240 e. The van der Waals surface area contributed by atoms with Crippen molar-refractivity contribution in [2.45, 2.75) is 18.0 Å². The first-order valence-electron chi connectivity index (χ1n) is 8.45. The number of hydrogen-bond acceptors (Lipinski definition) is 4. The smallest absolute Gasteiger partial charge is 0.240 e. The lowest BCUT2D eigenvalue weighted by Crippen LogP contribution is -2.41. The van der Waals surface area contributed by atoms with Crippen LogP contribution in [0, 0.1) is 28.1 Å². The molecule has 0 spiro atoms. The standard InChI is InChI=1S/C21H15BrN4O/c22-15-6-3-5-14(10-15)17-18(20(25)27)26-9-8-13-4-1-2-7-16(13)19(26)21(17,11-23)12-24/h1-10,17-19H,(H2,25,27)/t17-,18+,19+/m1/s1. The Morgan fingerprint density at radius 3 is 2.56 bits per heavy atom. The lowest BCUT2D eigenvalue weighted by atomic mass is 9.68. The van der Waals surface area contributed by atoms with Crippen molar-refractivity contribution in [2.75, 3.05) is 0 Å². The van der Waals surface area contributed by atoms with Crippen molar-refractivity contribution in [1.29, 1.82) is 10.5 Å². The van der Waals surface area contributed by atoms with Crippen LogP contribution in [0.4, 0.5) is 0 Å². The highest BCUT2D eigenvalue weighted by Gasteiger charge is 2.63. The Balaban J connectivity index is 2.02. The van der Waals surface area contributed by atoms with Gasteiger partial charge in [0.1, 0.15) is 6.04 Å². The number of halogens is 1. The molecule has 0 aliphatic carbocycles. The number of benzene rings is 2. The van der Waals surface area contributed by atoms with Gasteiger partial charge in [0, 0.05) is 16.6 Å². The molecule has 4 rings (SSSR count). The molecule has 5 nitrogen and oxygen atoms in total. The van der Waals surface area contributed by atoms with Crippen LogP contribution in [0.15, 0.2) is 59.2 Å². The van der Waals surface area contributed by atoms with Crippen LogP contribution in [0.2, 0.25) is 0 Å². The van der Waals surface area contributed by atoms with E-state index in [0.29, 0.717) is 0 Å². The number of hydrogen-bond donors (Lipinski definition) is 1. The number of carbonyl (C=O) groups excluding carboxylic acids is 1. The number of carbonyl (C=O) groups is 1. The summed E-state index contributed by atoms with van der Waals surface area (Å²) in [4.78, 5) is 14.3. The number of amides is 1. The van der Waals surface area contributed by atoms with Gasteiger partial charge in [-0.2, -0.15) is 10.5 Å². The predicted octanol–water partition coefficient (Wildman–Crippen LogP) is 3.46. The van der Waals surface area contributed by atoms with Crippen LogP contribution < -0.4 is 5.73 Å². The van der Waals surface area contributed by atoms with Crippen molar-refractivity contribution >= 4 is 27.9 Å². The molecule has 0 saturated carbocycles. The van der Waals surface area contributed by atoms with Crippen molar-refractivity contribution in [3.05, 3.63) is 75.9 Å². The molecule has 2 aliphatic heterocycles. The van der Waals surface area contributed by atoms with E-state index in [9.17, 15) is 15.3 Å². The van der Waals surface area contributed by atoms with Crippen molar-refractivity contribution in [3.63, 3.8) is 0 Å². The fourth-order valence-electron chi connectivity index (χ4n) is 4.39. The number of nitrogens with two attached hydrogens (primary N) is 1. The second-order valence-electron chi connectivity index (χ2n) is 6.77. The monoisotopic (exact) mass is 418 g/mol. The van der Waals surface area contributed by atoms with E-state index >= 15 is 0 Å². The van der Waals surface area contributed by atoms with E-state index in [0.717, 1.165) is 21.2 Å². The van der Waals surface area contributed by atoms with Gasteiger partial charge in [-0.1, -0.05) is 52.3 Å². The maximum atomic E-state index is 12.5. The lowest BCUT2D eigenvalue weighted by molar-refractivity contribution is -0.122. The van der Waals surface area contributed by atoms with Gasteiger partial charge in [0.05, 0.1) is 18.2 Å². The van der Waals surface area contributed by atoms with Gasteiger partial charge in [-0.3, -0.25) is 4.79 Å². The van der Waals surface area contributed by atoms with Crippen LogP contribution in [-0.4, -0.2) is 16.8 Å². The zero-order valence-corrected chi connectivity index (χ0v) is 15.8. The molecule has 132 valence electrons. The average Bonchev–Trinajstić information content (AvgIpc) is 2.99. The first kappa shape index (κ1) is 17.3. The van der Waals surface area contributed by atoms with E-state index < -0.39 is 29.3 Å². The van der Waals surface area contributed by atoms with Gasteiger partial charge in [-0.15, -0.1) is 0 Å². The minimum absolute atomic E-state index is 0.554. The molecule has 1 amide bonds. The molecule has 3 atom stereocenters. The Morgan fingerprint density at radius 2 is 1.89 bits per heavy atom. The summed E-state index contributed by atoms with van der Waals surface area (Å²) < 4.78 is 0.814. The Labute approximate surface area is 165 Å². The summed E-state index contributed by atoms with van der Waals surface area (Å²) in [6, 6.07) is 18.2. The minimum Gasteiger partial charge on any atom is -0.368 e. The molecule has 2 N–H and O–H groups in total. The van der Waals surface area contributed by atoms with Crippen LogP contribution >= 0.6 is 15.9 Å². The number of fused-ring (bicyclic) bond motifs is 3. The summed E-state index contributed by atoms with van der Waals surface area (Å²) in [5, 5.41) is 20.4. The minimum atomic E-state index is -1.46. The molecular weight excluding hydrogens is 404 g/mol. The highest BCUT2D eigenvalue weighted by atomic mass is 79.9. The Hall–Kier alpha value is -3.09. The first-order valence-corrected chi connectivity index (χ1v) is 9.24. The van der Waals surface area contributed by atoms with Crippen molar-refractivity contribution in [1.82, 2.24) is 4.90 Å². The van der Waals surface area contributed by atoms with E-state index in [-0.39, 0.29) is 0 Å². The van der Waals surface area contributed by atoms with Gasteiger partial charge in [0.15, 0.2) is 5.41 Å². The molecule has 0 unspecified atom stereocenters.